The molecule has 0 aromatic heterocycles. The molecule has 1 aliphatic heterocycles. The zero-order chi connectivity index (χ0) is 53.8. The molecule has 4 aromatic carbocycles. The monoisotopic (exact) mass is 1020 g/mol. The molecule has 0 bridgehead atoms. The lowest BCUT2D eigenvalue weighted by Gasteiger charge is -2.42. The van der Waals surface area contributed by atoms with Gasteiger partial charge in [0.15, 0.2) is 30.5 Å². The maximum absolute atomic E-state index is 13.7. The van der Waals surface area contributed by atoms with Crippen LogP contribution in [0.15, 0.2) is 91.0 Å². The van der Waals surface area contributed by atoms with Gasteiger partial charge in [-0.1, -0.05) is 80.3 Å². The van der Waals surface area contributed by atoms with E-state index in [4.69, 9.17) is 37.9 Å². The van der Waals surface area contributed by atoms with Gasteiger partial charge in [0.25, 0.3) is 5.69 Å². The van der Waals surface area contributed by atoms with Crippen LogP contribution in [-0.2, 0) is 68.5 Å². The molecule has 22 heteroatoms. The first-order chi connectivity index (χ1) is 35.2. The Morgan fingerprint density at radius 1 is 0.730 bits per heavy atom. The molecular weight excluding hydrogens is 969 g/mol. The minimum absolute atomic E-state index is 0.00839. The van der Waals surface area contributed by atoms with E-state index in [0.717, 1.165) is 62.3 Å². The van der Waals surface area contributed by atoms with Gasteiger partial charge < -0.3 is 53.8 Å². The molecule has 22 nitrogen and oxygen atoms in total. The highest BCUT2D eigenvalue weighted by Crippen LogP contribution is 2.44. The zero-order valence-electron chi connectivity index (χ0n) is 41.1. The van der Waals surface area contributed by atoms with Crippen LogP contribution in [0.25, 0.3) is 11.1 Å². The van der Waals surface area contributed by atoms with E-state index >= 15 is 0 Å². The molecule has 0 saturated carbocycles. The SMILES string of the molecule is COC(=O)[C@H]1O[C@@H](C#Cc2cc(NC(=O)[C@H](C)NC(=O)[C@@H](NC(=O)OCC3c4ccccc4-c4ccccc43)C(C)C)ccc2COC(=O)Oc2ccc([N+](=O)[O-])cc2)[C@H](OC(C)=O)[C@@H](OC(C)=O)[C@@H]1OC(C)=O. The number of carbonyl (C=O) groups excluding carboxylic acids is 8. The first-order valence-corrected chi connectivity index (χ1v) is 23.0. The number of carbonyl (C=O) groups is 8. The van der Waals surface area contributed by atoms with Crippen molar-refractivity contribution < 1.29 is 81.2 Å². The summed E-state index contributed by atoms with van der Waals surface area (Å²) in [4.78, 5) is 114. The van der Waals surface area contributed by atoms with Crippen molar-refractivity contribution in [1.82, 2.24) is 10.6 Å². The summed E-state index contributed by atoms with van der Waals surface area (Å²) in [5.74, 6) is -0.400. The fourth-order valence-corrected chi connectivity index (χ4v) is 8.10. The molecule has 2 aliphatic rings. The fraction of sp³-hybridized carbons (Fsp3) is 0.346. The lowest BCUT2D eigenvalue weighted by atomic mass is 9.93. The van der Waals surface area contributed by atoms with Crippen molar-refractivity contribution in [2.75, 3.05) is 19.0 Å². The number of methoxy groups -OCH3 is 1. The van der Waals surface area contributed by atoms with Crippen molar-refractivity contribution >= 4 is 59.3 Å². The smallest absolute Gasteiger partial charge is 0.467 e. The fourth-order valence-electron chi connectivity index (χ4n) is 8.10. The molecule has 0 radical (unpaired) electrons. The Bertz CT molecular complexity index is 2830. The van der Waals surface area contributed by atoms with Gasteiger partial charge in [-0.05, 0) is 59.4 Å². The Labute approximate surface area is 423 Å². The van der Waals surface area contributed by atoms with Gasteiger partial charge in [-0.15, -0.1) is 0 Å². The van der Waals surface area contributed by atoms with Crippen molar-refractivity contribution in [3.8, 4) is 28.7 Å². The van der Waals surface area contributed by atoms with Gasteiger partial charge in [0, 0.05) is 55.6 Å². The Balaban J connectivity index is 1.21. The number of anilines is 1. The molecule has 3 amide bonds. The Morgan fingerprint density at radius 2 is 1.32 bits per heavy atom. The summed E-state index contributed by atoms with van der Waals surface area (Å²) in [6.45, 7) is 7.38. The molecule has 0 spiro atoms. The minimum atomic E-state index is -1.76. The van der Waals surface area contributed by atoms with Crippen molar-refractivity contribution in [2.45, 2.75) is 96.7 Å². The highest BCUT2D eigenvalue weighted by atomic mass is 16.7. The second kappa shape index (κ2) is 24.5. The summed E-state index contributed by atoms with van der Waals surface area (Å²) in [5, 5.41) is 19.0. The molecule has 3 N–H and O–H groups in total. The average molecular weight is 1020 g/mol. The van der Waals surface area contributed by atoms with E-state index in [0.29, 0.717) is 0 Å². The van der Waals surface area contributed by atoms with Crippen LogP contribution in [0, 0.1) is 27.9 Å². The quantitative estimate of drug-likeness (QED) is 0.0316. The lowest BCUT2D eigenvalue weighted by Crippen LogP contribution is -2.63. The van der Waals surface area contributed by atoms with Crippen molar-refractivity contribution in [3.05, 3.63) is 123 Å². The molecule has 7 atom stereocenters. The number of amides is 3. The summed E-state index contributed by atoms with van der Waals surface area (Å²) < 4.78 is 43.2. The average Bonchev–Trinajstić information content (AvgIpc) is 3.67. The van der Waals surface area contributed by atoms with Gasteiger partial charge >= 0.3 is 36.1 Å². The third-order valence-corrected chi connectivity index (χ3v) is 11.5. The second-order valence-electron chi connectivity index (χ2n) is 17.2. The standard InChI is InChI=1S/C52H52N4O18/c1-27(2)43(55-51(63)68-26-41-39-14-10-8-12-37(39)38-13-9-11-15-40(38)41)49(61)53-28(3)48(60)54-34-18-16-33(25-69-52(64)73-36-21-19-35(20-22-36)56(65)66)32(24-34)17-23-42-44(70-29(4)57)45(71-30(5)58)46(72-31(6)59)47(74-42)50(62)67-7/h8-16,18-22,24,27-28,41-47H,25-26H2,1-7H3,(H,53,61)(H,54,60)(H,55,63)/t28-,42-,43-,44-,45+,46-,47-/m0/s1. The summed E-state index contributed by atoms with van der Waals surface area (Å²) in [6, 6.07) is 22.1. The van der Waals surface area contributed by atoms with Gasteiger partial charge in [0.05, 0.1) is 12.0 Å². The first-order valence-electron chi connectivity index (χ1n) is 23.0. The van der Waals surface area contributed by atoms with E-state index in [9.17, 15) is 48.5 Å². The van der Waals surface area contributed by atoms with Crippen LogP contribution in [-0.4, -0.2) is 109 Å². The van der Waals surface area contributed by atoms with Crippen molar-refractivity contribution in [3.63, 3.8) is 0 Å². The maximum atomic E-state index is 13.7. The van der Waals surface area contributed by atoms with Crippen LogP contribution in [0.1, 0.15) is 69.7 Å². The van der Waals surface area contributed by atoms with Crippen LogP contribution < -0.4 is 20.7 Å². The van der Waals surface area contributed by atoms with Gasteiger partial charge in [0.2, 0.25) is 11.8 Å². The summed E-state index contributed by atoms with van der Waals surface area (Å²) in [7, 11) is 1.02. The van der Waals surface area contributed by atoms with Gasteiger partial charge in [-0.2, -0.15) is 0 Å². The van der Waals surface area contributed by atoms with Crippen molar-refractivity contribution in [1.29, 1.82) is 0 Å². The largest absolute Gasteiger partial charge is 0.514 e. The number of nitro groups is 1. The number of hydrogen-bond donors (Lipinski definition) is 3. The number of rotatable bonds is 16. The number of alkyl carbamates (subject to hydrolysis) is 1. The van der Waals surface area contributed by atoms with Crippen LogP contribution in [0.4, 0.5) is 21.0 Å². The van der Waals surface area contributed by atoms with E-state index in [2.05, 4.69) is 27.8 Å². The van der Waals surface area contributed by atoms with Crippen LogP contribution in [0.5, 0.6) is 5.75 Å². The normalized spacial score (nSPS) is 18.2. The number of ether oxygens (including phenoxy) is 8. The number of nitrogens with zero attached hydrogens (tertiary/aromatic N) is 1. The van der Waals surface area contributed by atoms with Crippen LogP contribution in [0.3, 0.4) is 0 Å². The van der Waals surface area contributed by atoms with Gasteiger partial charge in [0.1, 0.15) is 31.0 Å². The van der Waals surface area contributed by atoms with E-state index in [-0.39, 0.29) is 40.8 Å². The van der Waals surface area contributed by atoms with Gasteiger partial charge in [-0.3, -0.25) is 34.1 Å². The number of nitro benzene ring substituents is 1. The molecule has 0 unspecified atom stereocenters. The Hall–Kier alpha value is -8.84. The molecule has 1 heterocycles. The molecule has 6 rings (SSSR count). The summed E-state index contributed by atoms with van der Waals surface area (Å²) in [5.41, 5.74) is 4.15. The highest BCUT2D eigenvalue weighted by Gasteiger charge is 2.54. The molecule has 4 aromatic rings. The van der Waals surface area contributed by atoms with Gasteiger partial charge in [-0.25, -0.2) is 14.4 Å². The number of non-ortho nitro benzene ring substituents is 1. The molecule has 1 aliphatic carbocycles. The lowest BCUT2D eigenvalue weighted by molar-refractivity contribution is -0.384. The Kier molecular flexibility index (Phi) is 18.1. The summed E-state index contributed by atoms with van der Waals surface area (Å²) >= 11 is 0. The predicted octanol–water partition coefficient (Wildman–Crippen LogP) is 5.40. The number of nitrogens with one attached hydrogen (secondary N) is 3. The van der Waals surface area contributed by atoms with E-state index in [1.807, 2.05) is 48.5 Å². The molecule has 1 fully saturated rings. The van der Waals surface area contributed by atoms with E-state index in [1.54, 1.807) is 13.8 Å². The second-order valence-corrected chi connectivity index (χ2v) is 17.2. The molecule has 74 heavy (non-hydrogen) atoms. The third-order valence-electron chi connectivity index (χ3n) is 11.5. The maximum Gasteiger partial charge on any atom is 0.514 e. The molecule has 1 saturated heterocycles. The first kappa shape index (κ1) is 54.5. The highest BCUT2D eigenvalue weighted by molar-refractivity contribution is 5.98. The van der Waals surface area contributed by atoms with E-state index < -0.39 is 108 Å². The van der Waals surface area contributed by atoms with Crippen molar-refractivity contribution in [2.24, 2.45) is 5.92 Å². The topological polar surface area (TPSA) is 290 Å². The number of esters is 4. The van der Waals surface area contributed by atoms with Crippen LogP contribution in [0.2, 0.25) is 0 Å². The summed E-state index contributed by atoms with van der Waals surface area (Å²) in [6.07, 6.45) is -10.4. The predicted molar refractivity (Wildman–Crippen MR) is 258 cm³/mol. The number of benzene rings is 4. The van der Waals surface area contributed by atoms with E-state index in [1.165, 1.54) is 37.3 Å². The number of fused-ring (bicyclic) bond motifs is 3. The minimum Gasteiger partial charge on any atom is -0.467 e. The third kappa shape index (κ3) is 13.8. The number of hydrogen-bond acceptors (Lipinski definition) is 18. The zero-order valence-corrected chi connectivity index (χ0v) is 41.1. The Morgan fingerprint density at radius 3 is 1.91 bits per heavy atom. The van der Waals surface area contributed by atoms with Crippen LogP contribution >= 0.6 is 0 Å². The molecule has 388 valence electrons. The molecular formula is C52H52N4O18.